The highest BCUT2D eigenvalue weighted by Crippen LogP contribution is 2.21. The van der Waals surface area contributed by atoms with Crippen LogP contribution in [0.3, 0.4) is 0 Å². The zero-order valence-electron chi connectivity index (χ0n) is 16.3. The van der Waals surface area contributed by atoms with Gasteiger partial charge in [0, 0.05) is 18.5 Å². The molecular weight excluding hydrogens is 380 g/mol. The largest absolute Gasteiger partial charge is 0.481 e. The normalized spacial score (nSPS) is 10.3. The van der Waals surface area contributed by atoms with Crippen molar-refractivity contribution in [1.29, 1.82) is 0 Å². The summed E-state index contributed by atoms with van der Waals surface area (Å²) >= 11 is 0. The van der Waals surface area contributed by atoms with E-state index < -0.39 is 5.97 Å². The minimum atomic E-state index is -0.908. The summed E-state index contributed by atoms with van der Waals surface area (Å²) in [7, 11) is 0. The fourth-order valence-electron chi connectivity index (χ4n) is 2.99. The molecule has 6 nitrogen and oxygen atoms in total. The van der Waals surface area contributed by atoms with Crippen LogP contribution in [-0.2, 0) is 4.79 Å². The minimum absolute atomic E-state index is 0.0174. The van der Waals surface area contributed by atoms with E-state index in [1.54, 1.807) is 36.4 Å². The van der Waals surface area contributed by atoms with Crippen LogP contribution in [0.25, 0.3) is 11.1 Å². The molecule has 0 aromatic heterocycles. The topological polar surface area (TPSA) is 95.5 Å². The number of aliphatic carboxylic acids is 1. The van der Waals surface area contributed by atoms with Crippen LogP contribution in [0.4, 0.5) is 5.69 Å². The zero-order chi connectivity index (χ0) is 21.3. The molecule has 3 N–H and O–H groups in total. The first-order valence-corrected chi connectivity index (χ1v) is 9.60. The van der Waals surface area contributed by atoms with Gasteiger partial charge in [-0.15, -0.1) is 0 Å². The molecule has 0 saturated carbocycles. The van der Waals surface area contributed by atoms with Gasteiger partial charge in [-0.05, 0) is 41.8 Å². The fourth-order valence-corrected chi connectivity index (χ4v) is 2.99. The fraction of sp³-hybridized carbons (Fsp3) is 0.125. The predicted molar refractivity (Wildman–Crippen MR) is 115 cm³/mol. The molecule has 6 heteroatoms. The number of para-hydroxylation sites is 1. The second kappa shape index (κ2) is 10.0. The van der Waals surface area contributed by atoms with Crippen LogP contribution in [0.5, 0.6) is 0 Å². The lowest BCUT2D eigenvalue weighted by Crippen LogP contribution is -2.26. The van der Waals surface area contributed by atoms with Gasteiger partial charge in [-0.2, -0.15) is 0 Å². The number of carbonyl (C=O) groups is 3. The SMILES string of the molecule is O=C(O)CCCNC(=O)c1ccccc1NC(=O)c1cccc(-c2ccccc2)c1. The maximum atomic E-state index is 12.8. The Morgan fingerprint density at radius 2 is 1.47 bits per heavy atom. The van der Waals surface area contributed by atoms with E-state index in [0.29, 0.717) is 23.2 Å². The van der Waals surface area contributed by atoms with E-state index >= 15 is 0 Å². The highest BCUT2D eigenvalue weighted by molar-refractivity contribution is 6.09. The lowest BCUT2D eigenvalue weighted by atomic mass is 10.0. The summed E-state index contributed by atoms with van der Waals surface area (Å²) in [6.45, 7) is 0.243. The molecule has 0 bridgehead atoms. The van der Waals surface area contributed by atoms with Crippen LogP contribution in [0, 0.1) is 0 Å². The number of nitrogens with one attached hydrogen (secondary N) is 2. The first-order chi connectivity index (χ1) is 14.5. The van der Waals surface area contributed by atoms with Gasteiger partial charge < -0.3 is 15.7 Å². The second-order valence-corrected chi connectivity index (χ2v) is 6.70. The number of amides is 2. The Hall–Kier alpha value is -3.93. The molecule has 0 aliphatic rings. The first kappa shape index (κ1) is 20.8. The molecule has 30 heavy (non-hydrogen) atoms. The summed E-state index contributed by atoms with van der Waals surface area (Å²) in [5.41, 5.74) is 3.12. The van der Waals surface area contributed by atoms with Gasteiger partial charge in [-0.3, -0.25) is 14.4 Å². The smallest absolute Gasteiger partial charge is 0.303 e. The maximum absolute atomic E-state index is 12.8. The standard InChI is InChI=1S/C24H22N2O4/c27-22(28)14-7-15-25-24(30)20-12-4-5-13-21(20)26-23(29)19-11-6-10-18(16-19)17-8-2-1-3-9-17/h1-6,8-13,16H,7,14-15H2,(H,25,30)(H,26,29)(H,27,28). The molecule has 0 fully saturated rings. The number of carbonyl (C=O) groups excluding carboxylic acids is 2. The number of hydrogen-bond donors (Lipinski definition) is 3. The Morgan fingerprint density at radius 1 is 0.767 bits per heavy atom. The first-order valence-electron chi connectivity index (χ1n) is 9.60. The Labute approximate surface area is 174 Å². The Kier molecular flexibility index (Phi) is 6.95. The van der Waals surface area contributed by atoms with E-state index in [4.69, 9.17) is 5.11 Å². The van der Waals surface area contributed by atoms with E-state index in [0.717, 1.165) is 11.1 Å². The van der Waals surface area contributed by atoms with Gasteiger partial charge in [0.25, 0.3) is 11.8 Å². The molecule has 2 amide bonds. The van der Waals surface area contributed by atoms with Crippen LogP contribution >= 0.6 is 0 Å². The van der Waals surface area contributed by atoms with Crippen molar-refractivity contribution in [2.75, 3.05) is 11.9 Å². The number of hydrogen-bond acceptors (Lipinski definition) is 3. The van der Waals surface area contributed by atoms with E-state index in [1.165, 1.54) is 0 Å². The van der Waals surface area contributed by atoms with Gasteiger partial charge in [0.1, 0.15) is 0 Å². The van der Waals surface area contributed by atoms with Crippen molar-refractivity contribution in [3.05, 3.63) is 90.0 Å². The molecular formula is C24H22N2O4. The molecule has 0 aliphatic carbocycles. The van der Waals surface area contributed by atoms with Gasteiger partial charge in [0.05, 0.1) is 11.3 Å². The number of anilines is 1. The third-order valence-electron chi connectivity index (χ3n) is 4.50. The van der Waals surface area contributed by atoms with Gasteiger partial charge in [0.2, 0.25) is 0 Å². The zero-order valence-corrected chi connectivity index (χ0v) is 16.3. The molecule has 0 saturated heterocycles. The van der Waals surface area contributed by atoms with Gasteiger partial charge >= 0.3 is 5.97 Å². The van der Waals surface area contributed by atoms with Crippen molar-refractivity contribution in [2.24, 2.45) is 0 Å². The van der Waals surface area contributed by atoms with Crippen molar-refractivity contribution in [3.63, 3.8) is 0 Å². The van der Waals surface area contributed by atoms with Crippen LogP contribution in [0.15, 0.2) is 78.9 Å². The van der Waals surface area contributed by atoms with Crippen molar-refractivity contribution in [2.45, 2.75) is 12.8 Å². The highest BCUT2D eigenvalue weighted by atomic mass is 16.4. The summed E-state index contributed by atoms with van der Waals surface area (Å²) < 4.78 is 0. The average Bonchev–Trinajstić information content (AvgIpc) is 2.77. The lowest BCUT2D eigenvalue weighted by molar-refractivity contribution is -0.137. The second-order valence-electron chi connectivity index (χ2n) is 6.70. The molecule has 0 radical (unpaired) electrons. The number of benzene rings is 3. The summed E-state index contributed by atoms with van der Waals surface area (Å²) in [5.74, 6) is -1.59. The van der Waals surface area contributed by atoms with E-state index in [-0.39, 0.29) is 24.8 Å². The molecule has 0 aliphatic heterocycles. The van der Waals surface area contributed by atoms with E-state index in [2.05, 4.69) is 10.6 Å². The van der Waals surface area contributed by atoms with Gasteiger partial charge in [-0.25, -0.2) is 0 Å². The van der Waals surface area contributed by atoms with Crippen LogP contribution < -0.4 is 10.6 Å². The van der Waals surface area contributed by atoms with Gasteiger partial charge in [0.15, 0.2) is 0 Å². The Bertz CT molecular complexity index is 1050. The third-order valence-corrected chi connectivity index (χ3v) is 4.50. The molecule has 3 aromatic carbocycles. The third kappa shape index (κ3) is 5.54. The summed E-state index contributed by atoms with van der Waals surface area (Å²) in [6, 6.07) is 23.7. The average molecular weight is 402 g/mol. The predicted octanol–water partition coefficient (Wildman–Crippen LogP) is 4.20. The van der Waals surface area contributed by atoms with Crippen LogP contribution in [0.1, 0.15) is 33.6 Å². The molecule has 3 aromatic rings. The maximum Gasteiger partial charge on any atom is 0.303 e. The van der Waals surface area contributed by atoms with Gasteiger partial charge in [-0.1, -0.05) is 54.6 Å². The van der Waals surface area contributed by atoms with Crippen LogP contribution in [0.2, 0.25) is 0 Å². The number of carboxylic acid groups (broad SMARTS) is 1. The Balaban J connectivity index is 1.72. The summed E-state index contributed by atoms with van der Waals surface area (Å²) in [5, 5.41) is 14.2. The summed E-state index contributed by atoms with van der Waals surface area (Å²) in [4.78, 5) is 35.8. The molecule has 3 rings (SSSR count). The number of rotatable bonds is 8. The van der Waals surface area contributed by atoms with Crippen molar-refractivity contribution < 1.29 is 19.5 Å². The van der Waals surface area contributed by atoms with Crippen molar-refractivity contribution >= 4 is 23.5 Å². The Morgan fingerprint density at radius 3 is 2.23 bits per heavy atom. The molecule has 0 unspecified atom stereocenters. The van der Waals surface area contributed by atoms with E-state index in [9.17, 15) is 14.4 Å². The number of carboxylic acids is 1. The molecule has 0 heterocycles. The van der Waals surface area contributed by atoms with Crippen molar-refractivity contribution in [3.8, 4) is 11.1 Å². The highest BCUT2D eigenvalue weighted by Gasteiger charge is 2.14. The minimum Gasteiger partial charge on any atom is -0.481 e. The monoisotopic (exact) mass is 402 g/mol. The van der Waals surface area contributed by atoms with Crippen molar-refractivity contribution in [1.82, 2.24) is 5.32 Å². The quantitative estimate of drug-likeness (QED) is 0.492. The lowest BCUT2D eigenvalue weighted by Gasteiger charge is -2.12. The van der Waals surface area contributed by atoms with Crippen LogP contribution in [-0.4, -0.2) is 29.4 Å². The van der Waals surface area contributed by atoms with E-state index in [1.807, 2.05) is 42.5 Å². The molecule has 0 atom stereocenters. The molecule has 0 spiro atoms. The summed E-state index contributed by atoms with van der Waals surface area (Å²) in [6.07, 6.45) is 0.318. The molecule has 152 valence electrons.